The van der Waals surface area contributed by atoms with Crippen molar-refractivity contribution >= 4 is 5.91 Å². The number of hydrogen-bond acceptors (Lipinski definition) is 5. The number of aryl methyl sites for hydroxylation is 2. The molecule has 2 aromatic rings. The van der Waals surface area contributed by atoms with Gasteiger partial charge in [0, 0.05) is 30.1 Å². The highest BCUT2D eigenvalue weighted by Crippen LogP contribution is 2.64. The van der Waals surface area contributed by atoms with Gasteiger partial charge in [0.05, 0.1) is 11.5 Å². The van der Waals surface area contributed by atoms with Gasteiger partial charge in [-0.15, -0.1) is 0 Å². The van der Waals surface area contributed by atoms with E-state index in [0.29, 0.717) is 18.6 Å². The van der Waals surface area contributed by atoms with Crippen LogP contribution in [-0.4, -0.2) is 70.3 Å². The predicted octanol–water partition coefficient (Wildman–Crippen LogP) is 2.45. The van der Waals surface area contributed by atoms with Gasteiger partial charge in [0.2, 0.25) is 0 Å². The molecule has 0 unspecified atom stereocenters. The van der Waals surface area contributed by atoms with Crippen molar-refractivity contribution in [1.82, 2.24) is 9.80 Å². The van der Waals surface area contributed by atoms with Crippen LogP contribution in [0.2, 0.25) is 0 Å². The maximum Gasteiger partial charge on any atom is 0.299 e. The number of rotatable bonds is 1. The largest absolute Gasteiger partial charge is 0.504 e. The molecule has 2 heterocycles. The van der Waals surface area contributed by atoms with Gasteiger partial charge >= 0.3 is 0 Å². The molecule has 2 aromatic carbocycles. The predicted molar refractivity (Wildman–Crippen MR) is 132 cm³/mol. The summed E-state index contributed by atoms with van der Waals surface area (Å²) >= 11 is 0. The van der Waals surface area contributed by atoms with E-state index in [0.717, 1.165) is 28.8 Å². The summed E-state index contributed by atoms with van der Waals surface area (Å²) in [7, 11) is 3.78. The first kappa shape index (κ1) is 22.2. The Morgan fingerprint density at radius 2 is 2.03 bits per heavy atom. The minimum absolute atomic E-state index is 0.0783. The number of carbonyl (C=O) groups excluding carboxylic acids is 1. The number of nitrogens with zero attached hydrogens (tertiary/aromatic N) is 2. The fourth-order valence-electron chi connectivity index (χ4n) is 6.79. The number of aliphatic hydroxyl groups is 1. The van der Waals surface area contributed by atoms with Gasteiger partial charge in [0.1, 0.15) is 11.7 Å². The Morgan fingerprint density at radius 3 is 2.80 bits per heavy atom. The van der Waals surface area contributed by atoms with Crippen LogP contribution in [0.1, 0.15) is 34.2 Å². The van der Waals surface area contributed by atoms with Gasteiger partial charge in [0.25, 0.3) is 5.91 Å². The summed E-state index contributed by atoms with van der Waals surface area (Å²) in [6.07, 6.45) is 4.59. The van der Waals surface area contributed by atoms with Gasteiger partial charge in [-0.25, -0.2) is 0 Å². The lowest BCUT2D eigenvalue weighted by molar-refractivity contribution is -0.150. The first-order chi connectivity index (χ1) is 16.7. The highest BCUT2D eigenvalue weighted by atomic mass is 16.5. The molecule has 6 rings (SSSR count). The molecule has 0 saturated carbocycles. The number of hydrogen-bond donors (Lipinski definition) is 2. The van der Waals surface area contributed by atoms with Crippen molar-refractivity contribution in [2.75, 3.05) is 20.6 Å². The van der Waals surface area contributed by atoms with Crippen LogP contribution in [0.4, 0.5) is 0 Å². The molecule has 2 bridgehead atoms. The van der Waals surface area contributed by atoms with Crippen molar-refractivity contribution in [3.63, 3.8) is 0 Å². The highest BCUT2D eigenvalue weighted by molar-refractivity contribution is 5.94. The minimum Gasteiger partial charge on any atom is -0.504 e. The van der Waals surface area contributed by atoms with Crippen LogP contribution in [0.5, 0.6) is 11.5 Å². The van der Waals surface area contributed by atoms with E-state index in [1.54, 1.807) is 18.0 Å². The van der Waals surface area contributed by atoms with Crippen molar-refractivity contribution in [1.29, 1.82) is 0 Å². The number of amides is 1. The Hall–Kier alpha value is -3.27. The van der Waals surface area contributed by atoms with Crippen molar-refractivity contribution in [2.24, 2.45) is 0 Å². The number of aromatic hydroxyl groups is 1. The molecule has 0 radical (unpaired) electrons. The molecule has 1 fully saturated rings. The van der Waals surface area contributed by atoms with Crippen LogP contribution in [-0.2, 0) is 16.6 Å². The van der Waals surface area contributed by atoms with Crippen molar-refractivity contribution in [3.8, 4) is 23.3 Å². The van der Waals surface area contributed by atoms with Gasteiger partial charge in [-0.2, -0.15) is 0 Å². The summed E-state index contributed by atoms with van der Waals surface area (Å²) in [6.45, 7) is 4.87. The first-order valence-corrected chi connectivity index (χ1v) is 12.2. The summed E-state index contributed by atoms with van der Waals surface area (Å²) in [5.74, 6) is 6.00. The number of benzene rings is 2. The van der Waals surface area contributed by atoms with Crippen LogP contribution in [0, 0.1) is 25.7 Å². The quantitative estimate of drug-likeness (QED) is 0.495. The summed E-state index contributed by atoms with van der Waals surface area (Å²) in [5, 5.41) is 22.9. The van der Waals surface area contributed by atoms with Gasteiger partial charge in [-0.3, -0.25) is 9.69 Å². The molecule has 1 saturated heterocycles. The molecule has 1 spiro atoms. The third-order valence-corrected chi connectivity index (χ3v) is 8.87. The average molecular weight is 471 g/mol. The molecule has 4 aliphatic rings. The molecular weight excluding hydrogens is 440 g/mol. The molecule has 6 heteroatoms. The van der Waals surface area contributed by atoms with Gasteiger partial charge < -0.3 is 19.8 Å². The summed E-state index contributed by atoms with van der Waals surface area (Å²) in [5.41, 5.74) is 3.23. The zero-order valence-corrected chi connectivity index (χ0v) is 20.5. The third kappa shape index (κ3) is 2.83. The van der Waals surface area contributed by atoms with Gasteiger partial charge in [-0.05, 0) is 75.2 Å². The first-order valence-electron chi connectivity index (χ1n) is 12.2. The number of likely N-dealkylation sites (tertiary alicyclic amines) is 1. The molecule has 5 atom stereocenters. The van der Waals surface area contributed by atoms with Crippen LogP contribution in [0.15, 0.2) is 42.5 Å². The molecule has 1 amide bonds. The van der Waals surface area contributed by atoms with E-state index in [-0.39, 0.29) is 17.7 Å². The van der Waals surface area contributed by atoms with Crippen LogP contribution in [0.3, 0.4) is 0 Å². The third-order valence-electron chi connectivity index (χ3n) is 8.87. The zero-order chi connectivity index (χ0) is 24.7. The second-order valence-electron chi connectivity index (χ2n) is 10.5. The van der Waals surface area contributed by atoms with Crippen molar-refractivity contribution in [2.45, 2.75) is 55.9 Å². The topological polar surface area (TPSA) is 73.2 Å². The Kier molecular flexibility index (Phi) is 4.67. The summed E-state index contributed by atoms with van der Waals surface area (Å²) < 4.78 is 6.46. The summed E-state index contributed by atoms with van der Waals surface area (Å²) in [6, 6.07) is 9.00. The number of piperidine rings is 1. The second-order valence-corrected chi connectivity index (χ2v) is 10.5. The van der Waals surface area contributed by atoms with E-state index in [4.69, 9.17) is 4.74 Å². The van der Waals surface area contributed by atoms with Crippen molar-refractivity contribution in [3.05, 3.63) is 70.3 Å². The fraction of sp³-hybridized carbons (Fsp3) is 0.414. The number of likely N-dealkylation sites (N-methyl/N-ethyl adjacent to an activating group) is 2. The molecule has 2 aliphatic heterocycles. The smallest absolute Gasteiger partial charge is 0.299 e. The lowest BCUT2D eigenvalue weighted by atomic mass is 9.50. The van der Waals surface area contributed by atoms with E-state index in [1.165, 1.54) is 5.56 Å². The van der Waals surface area contributed by atoms with Gasteiger partial charge in [-0.1, -0.05) is 30.2 Å². The molecule has 6 nitrogen and oxygen atoms in total. The number of phenolic OH excluding ortho intramolecular Hbond substituents is 1. The van der Waals surface area contributed by atoms with E-state index < -0.39 is 23.2 Å². The highest BCUT2D eigenvalue weighted by Gasteiger charge is 2.71. The minimum atomic E-state index is -1.15. The maximum absolute atomic E-state index is 13.2. The van der Waals surface area contributed by atoms with E-state index >= 15 is 0 Å². The molecule has 2 N–H and O–H groups in total. The lowest BCUT2D eigenvalue weighted by Gasteiger charge is -2.62. The normalized spacial score (nSPS) is 31.7. The fourth-order valence-corrected chi connectivity index (χ4v) is 6.79. The Bertz CT molecular complexity index is 1350. The SMILES string of the molecule is Cc1ccc(C#CC(=O)N(C)[C@H]2C=C[C@@]3(O)[C@H]4Cc5ccc(O)c6c5[C@@]3(CCN4C)[C@H]2O6)cc1C. The van der Waals surface area contributed by atoms with E-state index in [1.807, 2.05) is 57.3 Å². The zero-order valence-electron chi connectivity index (χ0n) is 20.5. The summed E-state index contributed by atoms with van der Waals surface area (Å²) in [4.78, 5) is 17.0. The lowest BCUT2D eigenvalue weighted by Crippen LogP contribution is -2.76. The molecule has 35 heavy (non-hydrogen) atoms. The molecule has 180 valence electrons. The maximum atomic E-state index is 13.2. The molecule has 2 aliphatic carbocycles. The Balaban J connectivity index is 1.40. The average Bonchev–Trinajstić information content (AvgIpc) is 3.19. The number of phenols is 1. The van der Waals surface area contributed by atoms with E-state index in [9.17, 15) is 15.0 Å². The number of carbonyl (C=O) groups is 1. The van der Waals surface area contributed by atoms with Crippen molar-refractivity contribution < 1.29 is 19.7 Å². The standard InChI is InChI=1S/C29H30N2O4/c1-17-5-6-19(15-18(17)2)7-10-24(33)31(4)21-11-12-29(34)23-16-20-8-9-22(32)26-25(20)28(29,27(21)35-26)13-14-30(23)3/h5-6,8-9,11-12,15,21,23,27,32,34H,13-14,16H2,1-4H3/t21-,23+,27-,28-,29+/m0/s1. The monoisotopic (exact) mass is 470 g/mol. The van der Waals surface area contributed by atoms with Gasteiger partial charge in [0.15, 0.2) is 11.5 Å². The molecule has 0 aromatic heterocycles. The second kappa shape index (κ2) is 7.36. The van der Waals surface area contributed by atoms with Crippen LogP contribution < -0.4 is 4.74 Å². The van der Waals surface area contributed by atoms with Crippen LogP contribution >= 0.6 is 0 Å². The Labute approximate surface area is 205 Å². The molecular formula is C29H30N2O4. The Morgan fingerprint density at radius 1 is 1.23 bits per heavy atom. The number of ether oxygens (including phenoxy) is 1. The van der Waals surface area contributed by atoms with E-state index in [2.05, 4.69) is 16.7 Å². The van der Waals surface area contributed by atoms with Crippen LogP contribution in [0.25, 0.3) is 0 Å².